The van der Waals surface area contributed by atoms with E-state index in [-0.39, 0.29) is 36.4 Å². The van der Waals surface area contributed by atoms with Gasteiger partial charge >= 0.3 is 0 Å². The molecule has 0 aliphatic heterocycles. The van der Waals surface area contributed by atoms with E-state index in [2.05, 4.69) is 20.9 Å². The second kappa shape index (κ2) is 15.9. The van der Waals surface area contributed by atoms with Crippen LogP contribution in [0, 0.1) is 0 Å². The minimum Gasteiger partial charge on any atom is -0.378 e. The van der Waals surface area contributed by atoms with Crippen molar-refractivity contribution < 1.29 is 9.53 Å². The number of carbonyl (C=O) groups is 1. The summed E-state index contributed by atoms with van der Waals surface area (Å²) in [7, 11) is 0. The summed E-state index contributed by atoms with van der Waals surface area (Å²) in [5.41, 5.74) is 0. The van der Waals surface area contributed by atoms with Gasteiger partial charge in [0.05, 0.1) is 6.10 Å². The fourth-order valence-electron chi connectivity index (χ4n) is 2.57. The lowest BCUT2D eigenvalue weighted by Crippen LogP contribution is -2.39. The summed E-state index contributed by atoms with van der Waals surface area (Å²) in [6.07, 6.45) is 8.75. The molecule has 1 aliphatic carbocycles. The average Bonchev–Trinajstić information content (AvgIpc) is 2.58. The lowest BCUT2D eigenvalue weighted by Gasteiger charge is -2.22. The number of halogens is 1. The Kier molecular flexibility index (Phi) is 15.6. The van der Waals surface area contributed by atoms with Crippen LogP contribution in [0.3, 0.4) is 0 Å². The molecule has 0 unspecified atom stereocenters. The van der Waals surface area contributed by atoms with Crippen LogP contribution in [0.1, 0.15) is 58.8 Å². The molecule has 0 bridgehead atoms. The lowest BCUT2D eigenvalue weighted by atomic mass is 9.98. The maximum atomic E-state index is 11.6. The van der Waals surface area contributed by atoms with E-state index in [0.29, 0.717) is 18.6 Å². The molecule has 1 rings (SSSR count). The monoisotopic (exact) mass is 454 g/mol. The first kappa shape index (κ1) is 23.4. The minimum atomic E-state index is -0.0373. The summed E-state index contributed by atoms with van der Waals surface area (Å²) in [5, 5.41) is 9.22. The Balaban J connectivity index is 0.00000529. The summed E-state index contributed by atoms with van der Waals surface area (Å²) in [6, 6.07) is 0. The van der Waals surface area contributed by atoms with Crippen molar-refractivity contribution in [2.75, 3.05) is 32.8 Å². The number of nitrogens with zero attached hydrogens (tertiary/aromatic N) is 1. The number of ether oxygens (including phenoxy) is 1. The van der Waals surface area contributed by atoms with Crippen LogP contribution in [0.5, 0.6) is 0 Å². The molecular formula is C17H35IN4O2. The quantitative estimate of drug-likeness (QED) is 0.205. The molecule has 0 aromatic rings. The largest absolute Gasteiger partial charge is 0.378 e. The van der Waals surface area contributed by atoms with E-state index in [1.165, 1.54) is 32.1 Å². The van der Waals surface area contributed by atoms with Gasteiger partial charge in [0.1, 0.15) is 6.54 Å². The van der Waals surface area contributed by atoms with Crippen LogP contribution in [0.2, 0.25) is 0 Å². The predicted molar refractivity (Wildman–Crippen MR) is 110 cm³/mol. The summed E-state index contributed by atoms with van der Waals surface area (Å²) in [5.74, 6) is 0.654. The second-order valence-electron chi connectivity index (χ2n) is 5.96. The highest BCUT2D eigenvalue weighted by Gasteiger charge is 2.12. The van der Waals surface area contributed by atoms with Crippen LogP contribution >= 0.6 is 24.0 Å². The van der Waals surface area contributed by atoms with Crippen molar-refractivity contribution in [3.05, 3.63) is 0 Å². The third kappa shape index (κ3) is 11.9. The van der Waals surface area contributed by atoms with E-state index < -0.39 is 0 Å². The Morgan fingerprint density at radius 3 is 2.50 bits per heavy atom. The van der Waals surface area contributed by atoms with E-state index in [9.17, 15) is 4.79 Å². The Morgan fingerprint density at radius 1 is 1.08 bits per heavy atom. The highest BCUT2D eigenvalue weighted by atomic mass is 127. The molecule has 0 atom stereocenters. The average molecular weight is 454 g/mol. The van der Waals surface area contributed by atoms with Crippen molar-refractivity contribution in [1.29, 1.82) is 0 Å². The lowest BCUT2D eigenvalue weighted by molar-refractivity contribution is -0.119. The van der Waals surface area contributed by atoms with Gasteiger partial charge in [-0.3, -0.25) is 4.79 Å². The van der Waals surface area contributed by atoms with Gasteiger partial charge in [0.15, 0.2) is 5.96 Å². The summed E-state index contributed by atoms with van der Waals surface area (Å²) in [4.78, 5) is 15.9. The van der Waals surface area contributed by atoms with Gasteiger partial charge in [0, 0.05) is 26.2 Å². The minimum absolute atomic E-state index is 0. The third-order valence-electron chi connectivity index (χ3n) is 3.82. The molecule has 0 radical (unpaired) electrons. The number of hydrogen-bond acceptors (Lipinski definition) is 3. The molecule has 6 nitrogen and oxygen atoms in total. The van der Waals surface area contributed by atoms with E-state index in [1.54, 1.807) is 0 Å². The van der Waals surface area contributed by atoms with Crippen molar-refractivity contribution >= 4 is 35.8 Å². The second-order valence-corrected chi connectivity index (χ2v) is 5.96. The molecule has 1 aliphatic rings. The third-order valence-corrected chi connectivity index (χ3v) is 3.82. The number of carbonyl (C=O) groups excluding carboxylic acids is 1. The van der Waals surface area contributed by atoms with Crippen LogP contribution in [-0.4, -0.2) is 50.8 Å². The summed E-state index contributed by atoms with van der Waals surface area (Å²) >= 11 is 0. The number of amides is 1. The fourth-order valence-corrected chi connectivity index (χ4v) is 2.57. The topological polar surface area (TPSA) is 74.8 Å². The van der Waals surface area contributed by atoms with Gasteiger partial charge in [-0.25, -0.2) is 4.99 Å². The number of guanidine groups is 1. The van der Waals surface area contributed by atoms with Gasteiger partial charge in [-0.1, -0.05) is 26.2 Å². The van der Waals surface area contributed by atoms with Gasteiger partial charge in [-0.05, 0) is 32.6 Å². The smallest absolute Gasteiger partial charge is 0.241 e. The molecule has 0 spiro atoms. The van der Waals surface area contributed by atoms with Crippen LogP contribution in [0.15, 0.2) is 4.99 Å². The standard InChI is InChI=1S/C17H34N4O2.HI/c1-3-11-19-16(22)14-21-17(18-4-2)20-12-8-13-23-15-9-6-5-7-10-15;/h15H,3-14H2,1-2H3,(H,19,22)(H2,18,20,21);1H. The van der Waals surface area contributed by atoms with E-state index >= 15 is 0 Å². The van der Waals surface area contributed by atoms with Crippen molar-refractivity contribution in [3.63, 3.8) is 0 Å². The zero-order valence-electron chi connectivity index (χ0n) is 15.2. The zero-order chi connectivity index (χ0) is 16.8. The molecule has 1 saturated carbocycles. The van der Waals surface area contributed by atoms with Gasteiger partial charge in [-0.15, -0.1) is 24.0 Å². The van der Waals surface area contributed by atoms with E-state index in [0.717, 1.165) is 32.5 Å². The van der Waals surface area contributed by atoms with Gasteiger partial charge in [0.25, 0.3) is 0 Å². The van der Waals surface area contributed by atoms with E-state index in [1.807, 2.05) is 13.8 Å². The highest BCUT2D eigenvalue weighted by Crippen LogP contribution is 2.20. The van der Waals surface area contributed by atoms with Crippen molar-refractivity contribution in [2.45, 2.75) is 64.9 Å². The van der Waals surface area contributed by atoms with Crippen molar-refractivity contribution in [2.24, 2.45) is 4.99 Å². The molecule has 24 heavy (non-hydrogen) atoms. The molecule has 0 aromatic heterocycles. The summed E-state index contributed by atoms with van der Waals surface area (Å²) < 4.78 is 5.90. The molecule has 1 amide bonds. The van der Waals surface area contributed by atoms with Crippen LogP contribution in [-0.2, 0) is 9.53 Å². The maximum absolute atomic E-state index is 11.6. The zero-order valence-corrected chi connectivity index (χ0v) is 17.6. The fraction of sp³-hybridized carbons (Fsp3) is 0.882. The molecule has 3 N–H and O–H groups in total. The van der Waals surface area contributed by atoms with E-state index in [4.69, 9.17) is 4.74 Å². The molecule has 7 heteroatoms. The van der Waals surface area contributed by atoms with Crippen molar-refractivity contribution in [3.8, 4) is 0 Å². The predicted octanol–water partition coefficient (Wildman–Crippen LogP) is 2.43. The number of rotatable bonds is 10. The Bertz CT molecular complexity index is 347. The molecule has 142 valence electrons. The molecular weight excluding hydrogens is 419 g/mol. The first-order chi connectivity index (χ1) is 11.3. The van der Waals surface area contributed by atoms with Gasteiger partial charge in [0.2, 0.25) is 5.91 Å². The van der Waals surface area contributed by atoms with Gasteiger partial charge in [-0.2, -0.15) is 0 Å². The SMILES string of the molecule is CCCNC(=O)CN=C(NCC)NCCCOC1CCCCC1.I. The number of aliphatic imine (C=N–C) groups is 1. The Labute approximate surface area is 164 Å². The van der Waals surface area contributed by atoms with Crippen LogP contribution < -0.4 is 16.0 Å². The Hall–Kier alpha value is -0.570. The molecule has 0 aromatic carbocycles. The highest BCUT2D eigenvalue weighted by molar-refractivity contribution is 14.0. The van der Waals surface area contributed by atoms with Crippen LogP contribution in [0.25, 0.3) is 0 Å². The molecule has 0 saturated heterocycles. The normalized spacial score (nSPS) is 15.5. The molecule has 0 heterocycles. The Morgan fingerprint density at radius 2 is 1.83 bits per heavy atom. The maximum Gasteiger partial charge on any atom is 0.241 e. The van der Waals surface area contributed by atoms with Gasteiger partial charge < -0.3 is 20.7 Å². The first-order valence-corrected chi connectivity index (χ1v) is 9.16. The first-order valence-electron chi connectivity index (χ1n) is 9.16. The molecule has 1 fully saturated rings. The number of nitrogens with one attached hydrogen (secondary N) is 3. The summed E-state index contributed by atoms with van der Waals surface area (Å²) in [6.45, 7) is 7.28. The number of hydrogen-bond donors (Lipinski definition) is 3. The van der Waals surface area contributed by atoms with Crippen LogP contribution in [0.4, 0.5) is 0 Å². The van der Waals surface area contributed by atoms with Crippen molar-refractivity contribution in [1.82, 2.24) is 16.0 Å².